The van der Waals surface area contributed by atoms with Crippen LogP contribution in [-0.2, 0) is 13.0 Å². The van der Waals surface area contributed by atoms with Crippen LogP contribution in [0.2, 0.25) is 0 Å². The second-order valence-electron chi connectivity index (χ2n) is 6.25. The average Bonchev–Trinajstić information content (AvgIpc) is 3.17. The molecule has 0 unspecified atom stereocenters. The number of nitrogens with zero attached hydrogens (tertiary/aromatic N) is 3. The van der Waals surface area contributed by atoms with Gasteiger partial charge in [-0.05, 0) is 42.3 Å². The van der Waals surface area contributed by atoms with E-state index in [1.807, 2.05) is 24.3 Å². The van der Waals surface area contributed by atoms with Crippen molar-refractivity contribution in [2.75, 3.05) is 10.6 Å². The van der Waals surface area contributed by atoms with Crippen LogP contribution in [0.3, 0.4) is 0 Å². The largest absolute Gasteiger partial charge is 0.365 e. The van der Waals surface area contributed by atoms with Gasteiger partial charge in [-0.25, -0.2) is 9.97 Å². The molecule has 28 heavy (non-hydrogen) atoms. The van der Waals surface area contributed by atoms with E-state index in [0.717, 1.165) is 33.7 Å². The monoisotopic (exact) mass is 389 g/mol. The highest BCUT2D eigenvalue weighted by Crippen LogP contribution is 2.28. The van der Waals surface area contributed by atoms with Crippen LogP contribution in [0.5, 0.6) is 0 Å². The van der Waals surface area contributed by atoms with Gasteiger partial charge < -0.3 is 10.6 Å². The Balaban J connectivity index is 1.42. The molecule has 7 heteroatoms. The van der Waals surface area contributed by atoms with Crippen molar-refractivity contribution in [2.24, 2.45) is 0 Å². The Morgan fingerprint density at radius 3 is 2.61 bits per heavy atom. The molecule has 0 aliphatic rings. The minimum absolute atomic E-state index is 0.145. The summed E-state index contributed by atoms with van der Waals surface area (Å²) in [5.74, 6) is 0.689. The molecule has 1 aromatic carbocycles. The highest BCUT2D eigenvalue weighted by Gasteiger charge is 2.09. The fraction of sp³-hybridized carbons (Fsp3) is 0.143. The number of nitrogens with one attached hydrogen (secondary N) is 2. The molecule has 3 aromatic heterocycles. The van der Waals surface area contributed by atoms with Gasteiger partial charge in [0.25, 0.3) is 5.91 Å². The van der Waals surface area contributed by atoms with Crippen LogP contribution >= 0.6 is 11.3 Å². The Kier molecular flexibility index (Phi) is 5.25. The number of rotatable bonds is 6. The van der Waals surface area contributed by atoms with E-state index in [0.29, 0.717) is 12.1 Å². The number of amides is 1. The lowest BCUT2D eigenvalue weighted by Gasteiger charge is -2.08. The smallest absolute Gasteiger partial charge is 0.255 e. The number of aromatic nitrogens is 3. The van der Waals surface area contributed by atoms with E-state index < -0.39 is 0 Å². The molecule has 0 fully saturated rings. The number of hydrogen-bond donors (Lipinski definition) is 2. The number of fused-ring (bicyclic) bond motifs is 1. The Labute approximate surface area is 166 Å². The van der Waals surface area contributed by atoms with Gasteiger partial charge in [0.05, 0.1) is 5.39 Å². The summed E-state index contributed by atoms with van der Waals surface area (Å²) in [6.45, 7) is 2.76. The highest BCUT2D eigenvalue weighted by atomic mass is 32.1. The Hall–Kier alpha value is -3.32. The predicted octanol–water partition coefficient (Wildman–Crippen LogP) is 4.51. The molecule has 0 bridgehead atoms. The molecule has 4 rings (SSSR count). The van der Waals surface area contributed by atoms with Gasteiger partial charge >= 0.3 is 0 Å². The van der Waals surface area contributed by atoms with Crippen LogP contribution < -0.4 is 10.6 Å². The van der Waals surface area contributed by atoms with Crippen LogP contribution in [0.4, 0.5) is 11.5 Å². The second kappa shape index (κ2) is 8.14. The summed E-state index contributed by atoms with van der Waals surface area (Å²) < 4.78 is 0. The maximum absolute atomic E-state index is 12.3. The average molecular weight is 389 g/mol. The van der Waals surface area contributed by atoms with Crippen molar-refractivity contribution in [3.05, 3.63) is 77.2 Å². The molecule has 4 aromatic rings. The summed E-state index contributed by atoms with van der Waals surface area (Å²) in [6, 6.07) is 13.2. The third kappa shape index (κ3) is 3.99. The number of anilines is 2. The number of pyridine rings is 1. The van der Waals surface area contributed by atoms with E-state index in [-0.39, 0.29) is 5.91 Å². The van der Waals surface area contributed by atoms with Crippen LogP contribution in [0, 0.1) is 0 Å². The van der Waals surface area contributed by atoms with Gasteiger partial charge in [0.15, 0.2) is 0 Å². The van der Waals surface area contributed by atoms with Crippen molar-refractivity contribution in [1.82, 2.24) is 15.0 Å². The zero-order valence-corrected chi connectivity index (χ0v) is 16.2. The Morgan fingerprint density at radius 2 is 1.86 bits per heavy atom. The van der Waals surface area contributed by atoms with Crippen molar-refractivity contribution in [1.29, 1.82) is 0 Å². The van der Waals surface area contributed by atoms with Crippen LogP contribution in [0.1, 0.15) is 27.7 Å². The van der Waals surface area contributed by atoms with Crippen LogP contribution in [-0.4, -0.2) is 20.9 Å². The van der Waals surface area contributed by atoms with Gasteiger partial charge in [-0.3, -0.25) is 9.78 Å². The van der Waals surface area contributed by atoms with Crippen molar-refractivity contribution < 1.29 is 4.79 Å². The van der Waals surface area contributed by atoms with Gasteiger partial charge in [0.1, 0.15) is 17.0 Å². The zero-order valence-electron chi connectivity index (χ0n) is 15.3. The molecule has 0 saturated heterocycles. The number of hydrogen-bond acceptors (Lipinski definition) is 6. The summed E-state index contributed by atoms with van der Waals surface area (Å²) in [5.41, 5.74) is 2.40. The summed E-state index contributed by atoms with van der Waals surface area (Å²) in [7, 11) is 0. The van der Waals surface area contributed by atoms with E-state index in [9.17, 15) is 4.79 Å². The van der Waals surface area contributed by atoms with Gasteiger partial charge in [-0.1, -0.05) is 19.1 Å². The molecular formula is C21H19N5OS. The number of thiophene rings is 1. The lowest BCUT2D eigenvalue weighted by molar-refractivity contribution is 0.102. The second-order valence-corrected chi connectivity index (χ2v) is 7.36. The molecule has 2 N–H and O–H groups in total. The van der Waals surface area contributed by atoms with E-state index in [2.05, 4.69) is 38.6 Å². The summed E-state index contributed by atoms with van der Waals surface area (Å²) in [5, 5.41) is 7.28. The van der Waals surface area contributed by atoms with E-state index in [4.69, 9.17) is 0 Å². The van der Waals surface area contributed by atoms with Crippen molar-refractivity contribution in [3.8, 4) is 0 Å². The van der Waals surface area contributed by atoms with E-state index in [1.165, 1.54) is 4.88 Å². The molecule has 3 heterocycles. The molecule has 0 saturated carbocycles. The molecular weight excluding hydrogens is 370 g/mol. The number of benzene rings is 1. The van der Waals surface area contributed by atoms with E-state index in [1.54, 1.807) is 42.2 Å². The third-order valence-corrected chi connectivity index (χ3v) is 5.53. The lowest BCUT2D eigenvalue weighted by Crippen LogP contribution is -2.12. The molecule has 0 aliphatic carbocycles. The zero-order chi connectivity index (χ0) is 19.3. The van der Waals surface area contributed by atoms with Crippen LogP contribution in [0.25, 0.3) is 10.2 Å². The standard InChI is InChI=1S/C21H19N5OS/c1-2-17-11-18-19(24-13-25-21(18)28-17)23-12-14-3-5-15(6-4-14)20(27)26-16-7-9-22-10-8-16/h3-11,13H,2,12H2,1H3,(H,22,26,27)(H,23,24,25). The first-order valence-electron chi connectivity index (χ1n) is 9.00. The Bertz CT molecular complexity index is 1090. The summed E-state index contributed by atoms with van der Waals surface area (Å²) >= 11 is 1.70. The number of aryl methyl sites for hydroxylation is 1. The Morgan fingerprint density at radius 1 is 1.07 bits per heavy atom. The summed E-state index contributed by atoms with van der Waals surface area (Å²) in [4.78, 5) is 27.3. The minimum atomic E-state index is -0.145. The molecule has 0 atom stereocenters. The topological polar surface area (TPSA) is 79.8 Å². The molecule has 1 amide bonds. The summed E-state index contributed by atoms with van der Waals surface area (Å²) in [6.07, 6.45) is 5.87. The third-order valence-electron chi connectivity index (χ3n) is 4.34. The molecule has 0 aliphatic heterocycles. The van der Waals surface area contributed by atoms with Gasteiger partial charge in [0, 0.05) is 35.1 Å². The van der Waals surface area contributed by atoms with Crippen molar-refractivity contribution in [2.45, 2.75) is 19.9 Å². The van der Waals surface area contributed by atoms with Gasteiger partial charge in [-0.2, -0.15) is 0 Å². The first kappa shape index (κ1) is 18.1. The maximum Gasteiger partial charge on any atom is 0.255 e. The minimum Gasteiger partial charge on any atom is -0.365 e. The molecule has 6 nitrogen and oxygen atoms in total. The molecule has 0 radical (unpaired) electrons. The lowest BCUT2D eigenvalue weighted by atomic mass is 10.1. The first-order valence-corrected chi connectivity index (χ1v) is 9.82. The maximum atomic E-state index is 12.3. The predicted molar refractivity (Wildman–Crippen MR) is 113 cm³/mol. The quantitative estimate of drug-likeness (QED) is 0.507. The normalized spacial score (nSPS) is 10.8. The number of carbonyl (C=O) groups is 1. The van der Waals surface area contributed by atoms with Crippen molar-refractivity contribution >= 4 is 39.0 Å². The highest BCUT2D eigenvalue weighted by molar-refractivity contribution is 7.18. The van der Waals surface area contributed by atoms with E-state index >= 15 is 0 Å². The van der Waals surface area contributed by atoms with Crippen LogP contribution in [0.15, 0.2) is 61.2 Å². The molecule has 140 valence electrons. The first-order chi connectivity index (χ1) is 13.7. The SMILES string of the molecule is CCc1cc2c(NCc3ccc(C(=O)Nc4ccncc4)cc3)ncnc2s1. The fourth-order valence-corrected chi connectivity index (χ4v) is 3.75. The van der Waals surface area contributed by atoms with Gasteiger partial charge in [0.2, 0.25) is 0 Å². The molecule has 0 spiro atoms. The number of carbonyl (C=O) groups excluding carboxylic acids is 1. The van der Waals surface area contributed by atoms with Crippen molar-refractivity contribution in [3.63, 3.8) is 0 Å². The van der Waals surface area contributed by atoms with Gasteiger partial charge in [-0.15, -0.1) is 11.3 Å². The fourth-order valence-electron chi connectivity index (χ4n) is 2.82.